The molecule has 1 aromatic carbocycles. The topological polar surface area (TPSA) is 42.2 Å². The quantitative estimate of drug-likeness (QED) is 0.790. The number of hydrogen-bond acceptors (Lipinski definition) is 3. The standard InChI is InChI=1S/C16H19NO2S/c1-3-4-5-12-6-8-13(9-7-12)17-16(18)14-10-11-15(19-14)20-2/h6-11H,3-5H2,1-2H3,(H,17,18). The van der Waals surface area contributed by atoms with Gasteiger partial charge in [-0.2, -0.15) is 0 Å². The molecule has 20 heavy (non-hydrogen) atoms. The number of thioether (sulfide) groups is 1. The van der Waals surface area contributed by atoms with E-state index >= 15 is 0 Å². The third-order valence-electron chi connectivity index (χ3n) is 3.04. The van der Waals surface area contributed by atoms with Crippen molar-refractivity contribution in [2.24, 2.45) is 0 Å². The van der Waals surface area contributed by atoms with Gasteiger partial charge in [0.05, 0.1) is 0 Å². The second-order valence-corrected chi connectivity index (χ2v) is 5.39. The average molecular weight is 289 g/mol. The summed E-state index contributed by atoms with van der Waals surface area (Å²) in [6.07, 6.45) is 5.37. The molecule has 0 fully saturated rings. The first-order chi connectivity index (χ1) is 9.72. The molecule has 0 bridgehead atoms. The summed E-state index contributed by atoms with van der Waals surface area (Å²) in [4.78, 5) is 12.0. The number of aryl methyl sites for hydroxylation is 1. The smallest absolute Gasteiger partial charge is 0.291 e. The van der Waals surface area contributed by atoms with E-state index in [0.717, 1.165) is 17.2 Å². The van der Waals surface area contributed by atoms with Crippen LogP contribution in [-0.2, 0) is 6.42 Å². The number of benzene rings is 1. The second kappa shape index (κ2) is 7.20. The normalized spacial score (nSPS) is 10.5. The summed E-state index contributed by atoms with van der Waals surface area (Å²) in [5.41, 5.74) is 2.09. The highest BCUT2D eigenvalue weighted by Gasteiger charge is 2.11. The largest absolute Gasteiger partial charge is 0.445 e. The van der Waals surface area contributed by atoms with Gasteiger partial charge in [-0.15, -0.1) is 0 Å². The van der Waals surface area contributed by atoms with Gasteiger partial charge in [0, 0.05) is 5.69 Å². The molecule has 106 valence electrons. The summed E-state index contributed by atoms with van der Waals surface area (Å²) in [5, 5.41) is 3.58. The van der Waals surface area contributed by atoms with Crippen LogP contribution in [0.15, 0.2) is 45.9 Å². The van der Waals surface area contributed by atoms with E-state index in [1.807, 2.05) is 18.4 Å². The van der Waals surface area contributed by atoms with E-state index in [2.05, 4.69) is 24.4 Å². The van der Waals surface area contributed by atoms with Crippen molar-refractivity contribution in [2.45, 2.75) is 31.3 Å². The van der Waals surface area contributed by atoms with Crippen molar-refractivity contribution in [3.63, 3.8) is 0 Å². The predicted molar refractivity (Wildman–Crippen MR) is 83.5 cm³/mol. The molecule has 0 saturated heterocycles. The van der Waals surface area contributed by atoms with Crippen molar-refractivity contribution in [2.75, 3.05) is 11.6 Å². The van der Waals surface area contributed by atoms with Crippen molar-refractivity contribution >= 4 is 23.4 Å². The van der Waals surface area contributed by atoms with Gasteiger partial charge in [0.1, 0.15) is 0 Å². The van der Waals surface area contributed by atoms with Gasteiger partial charge in [0.25, 0.3) is 5.91 Å². The molecule has 0 saturated carbocycles. The minimum Gasteiger partial charge on any atom is -0.445 e. The molecule has 1 heterocycles. The third kappa shape index (κ3) is 3.90. The summed E-state index contributed by atoms with van der Waals surface area (Å²) >= 11 is 1.48. The lowest BCUT2D eigenvalue weighted by atomic mass is 10.1. The molecule has 0 spiro atoms. The van der Waals surface area contributed by atoms with Crippen molar-refractivity contribution in [3.8, 4) is 0 Å². The van der Waals surface area contributed by atoms with Crippen LogP contribution in [0.5, 0.6) is 0 Å². The molecule has 1 amide bonds. The van der Waals surface area contributed by atoms with Gasteiger partial charge in [-0.1, -0.05) is 37.2 Å². The monoisotopic (exact) mass is 289 g/mol. The maximum Gasteiger partial charge on any atom is 0.291 e. The van der Waals surface area contributed by atoms with Gasteiger partial charge in [-0.25, -0.2) is 0 Å². The third-order valence-corrected chi connectivity index (χ3v) is 3.66. The van der Waals surface area contributed by atoms with E-state index in [1.165, 1.54) is 30.2 Å². The first-order valence-corrected chi connectivity index (χ1v) is 7.99. The van der Waals surface area contributed by atoms with Gasteiger partial charge in [-0.05, 0) is 48.9 Å². The summed E-state index contributed by atoms with van der Waals surface area (Å²) in [6.45, 7) is 2.18. The Hall–Kier alpha value is -1.68. The van der Waals surface area contributed by atoms with Crippen molar-refractivity contribution in [1.82, 2.24) is 0 Å². The Kier molecular flexibility index (Phi) is 5.30. The van der Waals surface area contributed by atoms with Crippen molar-refractivity contribution < 1.29 is 9.21 Å². The average Bonchev–Trinajstić information content (AvgIpc) is 2.95. The van der Waals surface area contributed by atoms with Gasteiger partial charge in [0.2, 0.25) is 0 Å². The first kappa shape index (κ1) is 14.7. The molecule has 1 N–H and O–H groups in total. The van der Waals surface area contributed by atoms with Crippen LogP contribution in [0.2, 0.25) is 0 Å². The van der Waals surface area contributed by atoms with Crippen LogP contribution in [0.1, 0.15) is 35.9 Å². The maximum absolute atomic E-state index is 12.0. The Labute approximate surface area is 123 Å². The predicted octanol–water partition coefficient (Wildman–Crippen LogP) is 4.60. The fourth-order valence-electron chi connectivity index (χ4n) is 1.88. The SMILES string of the molecule is CCCCc1ccc(NC(=O)c2ccc(SC)o2)cc1. The van der Waals surface area contributed by atoms with E-state index in [1.54, 1.807) is 12.1 Å². The summed E-state index contributed by atoms with van der Waals surface area (Å²) < 4.78 is 5.39. The molecule has 0 aliphatic heterocycles. The van der Waals surface area contributed by atoms with Gasteiger partial charge >= 0.3 is 0 Å². The van der Waals surface area contributed by atoms with Gasteiger partial charge < -0.3 is 9.73 Å². The molecule has 1 aromatic heterocycles. The van der Waals surface area contributed by atoms with Crippen LogP contribution in [0.4, 0.5) is 5.69 Å². The number of carbonyl (C=O) groups excluding carboxylic acids is 1. The lowest BCUT2D eigenvalue weighted by molar-refractivity contribution is 0.0992. The summed E-state index contributed by atoms with van der Waals surface area (Å²) in [5.74, 6) is 0.121. The second-order valence-electron chi connectivity index (χ2n) is 4.58. The Bertz CT molecular complexity index is 560. The zero-order chi connectivity index (χ0) is 14.4. The highest BCUT2D eigenvalue weighted by molar-refractivity contribution is 7.98. The minimum absolute atomic E-state index is 0.216. The van der Waals surface area contributed by atoms with Crippen LogP contribution in [0.25, 0.3) is 0 Å². The van der Waals surface area contributed by atoms with Crippen molar-refractivity contribution in [3.05, 3.63) is 47.7 Å². The lowest BCUT2D eigenvalue weighted by Crippen LogP contribution is -2.10. The molecule has 2 rings (SSSR count). The first-order valence-electron chi connectivity index (χ1n) is 6.77. The number of rotatable bonds is 6. The molecule has 0 radical (unpaired) electrons. The van der Waals surface area contributed by atoms with Crippen LogP contribution in [-0.4, -0.2) is 12.2 Å². The molecule has 2 aromatic rings. The molecule has 0 aliphatic rings. The Balaban J connectivity index is 1.97. The Morgan fingerprint density at radius 1 is 1.20 bits per heavy atom. The van der Waals surface area contributed by atoms with Crippen LogP contribution in [0, 0.1) is 0 Å². The van der Waals surface area contributed by atoms with E-state index in [0.29, 0.717) is 5.76 Å². The van der Waals surface area contributed by atoms with Crippen LogP contribution < -0.4 is 5.32 Å². The van der Waals surface area contributed by atoms with E-state index in [-0.39, 0.29) is 5.91 Å². The molecule has 0 aliphatic carbocycles. The zero-order valence-corrected chi connectivity index (χ0v) is 12.6. The molecular formula is C16H19NO2S. The Morgan fingerprint density at radius 2 is 1.95 bits per heavy atom. The van der Waals surface area contributed by atoms with Gasteiger partial charge in [-0.3, -0.25) is 4.79 Å². The van der Waals surface area contributed by atoms with E-state index in [4.69, 9.17) is 4.42 Å². The molecule has 4 heteroatoms. The van der Waals surface area contributed by atoms with E-state index in [9.17, 15) is 4.79 Å². The molecular weight excluding hydrogens is 270 g/mol. The fourth-order valence-corrected chi connectivity index (χ4v) is 2.26. The molecule has 0 unspecified atom stereocenters. The molecule has 0 atom stereocenters. The highest BCUT2D eigenvalue weighted by atomic mass is 32.2. The number of anilines is 1. The number of hydrogen-bond donors (Lipinski definition) is 1. The van der Waals surface area contributed by atoms with Gasteiger partial charge in [0.15, 0.2) is 10.9 Å². The summed E-state index contributed by atoms with van der Waals surface area (Å²) in [7, 11) is 0. The van der Waals surface area contributed by atoms with Crippen LogP contribution in [0.3, 0.4) is 0 Å². The number of carbonyl (C=O) groups is 1. The Morgan fingerprint density at radius 3 is 2.55 bits per heavy atom. The number of furan rings is 1. The molecule has 3 nitrogen and oxygen atoms in total. The van der Waals surface area contributed by atoms with E-state index < -0.39 is 0 Å². The maximum atomic E-state index is 12.0. The number of nitrogens with one attached hydrogen (secondary N) is 1. The number of unbranched alkanes of at least 4 members (excludes halogenated alkanes) is 1. The fraction of sp³-hybridized carbons (Fsp3) is 0.312. The highest BCUT2D eigenvalue weighted by Crippen LogP contribution is 2.19. The summed E-state index contributed by atoms with van der Waals surface area (Å²) in [6, 6.07) is 11.5. The zero-order valence-electron chi connectivity index (χ0n) is 11.8. The van der Waals surface area contributed by atoms with Crippen molar-refractivity contribution in [1.29, 1.82) is 0 Å². The van der Waals surface area contributed by atoms with Crippen LogP contribution >= 0.6 is 11.8 Å². The minimum atomic E-state index is -0.216. The lowest BCUT2D eigenvalue weighted by Gasteiger charge is -2.05. The number of amides is 1.